The van der Waals surface area contributed by atoms with Crippen molar-refractivity contribution in [1.82, 2.24) is 0 Å². The molecule has 0 N–H and O–H groups in total. The molecule has 0 amide bonds. The Morgan fingerprint density at radius 3 is 1.24 bits per heavy atom. The summed E-state index contributed by atoms with van der Waals surface area (Å²) >= 11 is 0. The zero-order chi connectivity index (χ0) is 21.4. The maximum absolute atomic E-state index is 6.26. The van der Waals surface area contributed by atoms with Crippen LogP contribution in [0.15, 0.2) is 0 Å². The molecule has 0 rings (SSSR count). The van der Waals surface area contributed by atoms with Crippen LogP contribution in [0.3, 0.4) is 0 Å². The molecule has 0 aromatic rings. The van der Waals surface area contributed by atoms with Crippen molar-refractivity contribution >= 4 is 0 Å². The highest BCUT2D eigenvalue weighted by Crippen LogP contribution is 2.21. The van der Waals surface area contributed by atoms with Gasteiger partial charge in [0.25, 0.3) is 0 Å². The molecule has 29 heavy (non-hydrogen) atoms. The molecule has 0 aliphatic heterocycles. The summed E-state index contributed by atoms with van der Waals surface area (Å²) in [5.41, 5.74) is 0. The summed E-state index contributed by atoms with van der Waals surface area (Å²) in [5, 5.41) is 0. The van der Waals surface area contributed by atoms with E-state index in [0.717, 1.165) is 25.0 Å². The highest BCUT2D eigenvalue weighted by atomic mass is 16.5. The van der Waals surface area contributed by atoms with Gasteiger partial charge >= 0.3 is 0 Å². The van der Waals surface area contributed by atoms with Crippen LogP contribution in [0.2, 0.25) is 0 Å². The van der Waals surface area contributed by atoms with E-state index >= 15 is 0 Å². The molecule has 176 valence electrons. The lowest BCUT2D eigenvalue weighted by Gasteiger charge is -2.20. The van der Waals surface area contributed by atoms with E-state index in [1.165, 1.54) is 128 Å². The Morgan fingerprint density at radius 1 is 0.414 bits per heavy atom. The van der Waals surface area contributed by atoms with E-state index in [-0.39, 0.29) is 0 Å². The van der Waals surface area contributed by atoms with Crippen LogP contribution in [-0.2, 0) is 4.74 Å². The first kappa shape index (κ1) is 29.0. The second-order valence-corrected chi connectivity index (χ2v) is 9.64. The van der Waals surface area contributed by atoms with Gasteiger partial charge < -0.3 is 4.74 Å². The molecule has 0 spiro atoms. The van der Waals surface area contributed by atoms with Gasteiger partial charge in [0.15, 0.2) is 0 Å². The summed E-state index contributed by atoms with van der Waals surface area (Å²) in [7, 11) is 0. The van der Waals surface area contributed by atoms with Crippen LogP contribution >= 0.6 is 0 Å². The van der Waals surface area contributed by atoms with Crippen LogP contribution in [-0.4, -0.2) is 13.2 Å². The lowest BCUT2D eigenvalue weighted by molar-refractivity contribution is 0.0608. The summed E-state index contributed by atoms with van der Waals surface area (Å²) in [6.45, 7) is 11.3. The monoisotopic (exact) mass is 410 g/mol. The summed E-state index contributed by atoms with van der Waals surface area (Å²) < 4.78 is 6.26. The molecule has 0 saturated heterocycles. The first-order valence-corrected chi connectivity index (χ1v) is 13.9. The third-order valence-corrected chi connectivity index (χ3v) is 6.68. The minimum atomic E-state index is 0.785. The topological polar surface area (TPSA) is 9.23 Å². The van der Waals surface area contributed by atoms with Crippen LogP contribution in [0.25, 0.3) is 0 Å². The quantitative estimate of drug-likeness (QED) is 0.144. The van der Waals surface area contributed by atoms with Crippen LogP contribution in [0.4, 0.5) is 0 Å². The Hall–Kier alpha value is -0.0400. The van der Waals surface area contributed by atoms with Gasteiger partial charge in [0, 0.05) is 13.2 Å². The SMILES string of the molecule is CCCCCCCCCCC(CCCCCCCC)COCC(CC)CCCC. The van der Waals surface area contributed by atoms with Gasteiger partial charge in [0.1, 0.15) is 0 Å². The van der Waals surface area contributed by atoms with Gasteiger partial charge in [-0.25, -0.2) is 0 Å². The molecule has 0 fully saturated rings. The van der Waals surface area contributed by atoms with Crippen molar-refractivity contribution < 1.29 is 4.74 Å². The van der Waals surface area contributed by atoms with Crippen molar-refractivity contribution in [2.75, 3.05) is 13.2 Å². The van der Waals surface area contributed by atoms with E-state index in [2.05, 4.69) is 27.7 Å². The first-order chi connectivity index (χ1) is 14.3. The fraction of sp³-hybridized carbons (Fsp3) is 1.00. The third-order valence-electron chi connectivity index (χ3n) is 6.68. The molecule has 0 aliphatic rings. The zero-order valence-corrected chi connectivity index (χ0v) is 21.1. The molecule has 0 aliphatic carbocycles. The van der Waals surface area contributed by atoms with Crippen molar-refractivity contribution in [2.45, 2.75) is 156 Å². The average molecular weight is 411 g/mol. The van der Waals surface area contributed by atoms with Crippen molar-refractivity contribution in [3.63, 3.8) is 0 Å². The number of ether oxygens (including phenoxy) is 1. The van der Waals surface area contributed by atoms with Gasteiger partial charge in [-0.15, -0.1) is 0 Å². The predicted octanol–water partition coefficient (Wildman–Crippen LogP) is 10.1. The Balaban J connectivity index is 4.01. The Kier molecular flexibility index (Phi) is 24.2. The standard InChI is InChI=1S/C28H58O/c1-5-9-12-14-16-17-19-21-24-28(23-20-18-15-13-10-6-2)26-29-25-27(8-4)22-11-7-3/h27-28H,5-26H2,1-4H3. The maximum Gasteiger partial charge on any atom is 0.0494 e. The van der Waals surface area contributed by atoms with Crippen molar-refractivity contribution in [3.05, 3.63) is 0 Å². The molecule has 0 heterocycles. The van der Waals surface area contributed by atoms with E-state index in [9.17, 15) is 0 Å². The highest BCUT2D eigenvalue weighted by Gasteiger charge is 2.11. The van der Waals surface area contributed by atoms with Crippen LogP contribution in [0, 0.1) is 11.8 Å². The molecule has 2 atom stereocenters. The van der Waals surface area contributed by atoms with Gasteiger partial charge in [0.05, 0.1) is 0 Å². The van der Waals surface area contributed by atoms with E-state index in [4.69, 9.17) is 4.74 Å². The lowest BCUT2D eigenvalue weighted by Crippen LogP contribution is -2.15. The van der Waals surface area contributed by atoms with Crippen molar-refractivity contribution in [3.8, 4) is 0 Å². The van der Waals surface area contributed by atoms with E-state index in [1.807, 2.05) is 0 Å². The van der Waals surface area contributed by atoms with Gasteiger partial charge in [-0.3, -0.25) is 0 Å². The van der Waals surface area contributed by atoms with Crippen LogP contribution < -0.4 is 0 Å². The summed E-state index contributed by atoms with van der Waals surface area (Å²) in [6, 6.07) is 0. The van der Waals surface area contributed by atoms with Gasteiger partial charge in [-0.05, 0) is 31.1 Å². The minimum absolute atomic E-state index is 0.785. The number of hydrogen-bond acceptors (Lipinski definition) is 1. The number of rotatable bonds is 24. The molecule has 1 nitrogen and oxygen atoms in total. The zero-order valence-electron chi connectivity index (χ0n) is 21.1. The smallest absolute Gasteiger partial charge is 0.0494 e. The van der Waals surface area contributed by atoms with Gasteiger partial charge in [0.2, 0.25) is 0 Å². The fourth-order valence-corrected chi connectivity index (χ4v) is 4.39. The summed E-state index contributed by atoms with van der Waals surface area (Å²) in [4.78, 5) is 0. The molecule has 0 radical (unpaired) electrons. The normalized spacial score (nSPS) is 13.7. The fourth-order valence-electron chi connectivity index (χ4n) is 4.39. The lowest BCUT2D eigenvalue weighted by atomic mass is 9.94. The molecule has 0 aromatic carbocycles. The van der Waals surface area contributed by atoms with Gasteiger partial charge in [-0.1, -0.05) is 137 Å². The number of hydrogen-bond donors (Lipinski definition) is 0. The Labute approximate surface area is 186 Å². The molecular weight excluding hydrogens is 352 g/mol. The van der Waals surface area contributed by atoms with Crippen molar-refractivity contribution in [2.24, 2.45) is 11.8 Å². The highest BCUT2D eigenvalue weighted by molar-refractivity contribution is 4.62. The molecule has 0 aromatic heterocycles. The minimum Gasteiger partial charge on any atom is -0.381 e. The Morgan fingerprint density at radius 2 is 0.793 bits per heavy atom. The predicted molar refractivity (Wildman–Crippen MR) is 133 cm³/mol. The Bertz CT molecular complexity index is 288. The average Bonchev–Trinajstić information content (AvgIpc) is 2.74. The molecule has 1 heteroatoms. The summed E-state index contributed by atoms with van der Waals surface area (Å²) in [5.74, 6) is 1.60. The largest absolute Gasteiger partial charge is 0.381 e. The van der Waals surface area contributed by atoms with Crippen LogP contribution in [0.1, 0.15) is 156 Å². The maximum atomic E-state index is 6.26. The first-order valence-electron chi connectivity index (χ1n) is 13.9. The molecule has 2 unspecified atom stereocenters. The van der Waals surface area contributed by atoms with E-state index in [1.54, 1.807) is 0 Å². The number of unbranched alkanes of at least 4 members (excludes halogenated alkanes) is 13. The van der Waals surface area contributed by atoms with Gasteiger partial charge in [-0.2, -0.15) is 0 Å². The van der Waals surface area contributed by atoms with Crippen LogP contribution in [0.5, 0.6) is 0 Å². The molecular formula is C28H58O. The van der Waals surface area contributed by atoms with Crippen molar-refractivity contribution in [1.29, 1.82) is 0 Å². The second kappa shape index (κ2) is 24.2. The molecule has 0 saturated carbocycles. The second-order valence-electron chi connectivity index (χ2n) is 9.64. The van der Waals surface area contributed by atoms with E-state index < -0.39 is 0 Å². The third kappa shape index (κ3) is 21.0. The van der Waals surface area contributed by atoms with E-state index in [0.29, 0.717) is 0 Å². The molecule has 0 bridgehead atoms. The summed E-state index contributed by atoms with van der Waals surface area (Å²) in [6.07, 6.45) is 28.0.